The molecule has 2 aliphatic rings. The Morgan fingerprint density at radius 3 is 2.30 bits per heavy atom. The fraction of sp³-hybridized carbons (Fsp3) is 0.391. The molecule has 2 aromatic carbocycles. The summed E-state index contributed by atoms with van der Waals surface area (Å²) in [5, 5.41) is 0.975. The molecule has 1 amide bonds. The van der Waals surface area contributed by atoms with E-state index in [1.165, 1.54) is 0 Å². The molecule has 174 valence electrons. The topological polar surface area (TPSA) is 73.8 Å². The number of thiazole rings is 1. The number of carbonyl (C=O) groups excluding carboxylic acids is 1. The maximum absolute atomic E-state index is 13.0. The second kappa shape index (κ2) is 9.32. The lowest BCUT2D eigenvalue weighted by molar-refractivity contribution is 0.0746. The summed E-state index contributed by atoms with van der Waals surface area (Å²) in [5.41, 5.74) is 1.50. The molecule has 0 saturated carbocycles. The third kappa shape index (κ3) is 4.66. The summed E-state index contributed by atoms with van der Waals surface area (Å²) in [4.78, 5) is 22.1. The van der Waals surface area contributed by atoms with E-state index in [0.717, 1.165) is 39.1 Å². The molecule has 10 heteroatoms. The molecule has 2 aliphatic heterocycles. The van der Waals surface area contributed by atoms with Crippen molar-refractivity contribution >= 4 is 58.5 Å². The van der Waals surface area contributed by atoms with Gasteiger partial charge in [-0.3, -0.25) is 4.79 Å². The largest absolute Gasteiger partial charge is 0.345 e. The number of rotatable bonds is 4. The van der Waals surface area contributed by atoms with Crippen molar-refractivity contribution in [3.05, 3.63) is 52.5 Å². The zero-order valence-electron chi connectivity index (χ0n) is 18.1. The van der Waals surface area contributed by atoms with Gasteiger partial charge in [-0.1, -0.05) is 33.7 Å². The Morgan fingerprint density at radius 2 is 1.61 bits per heavy atom. The average molecular weight is 550 g/mol. The maximum Gasteiger partial charge on any atom is 0.253 e. The van der Waals surface area contributed by atoms with Gasteiger partial charge in [0.2, 0.25) is 10.0 Å². The first kappa shape index (κ1) is 22.8. The number of carbonyl (C=O) groups is 1. The van der Waals surface area contributed by atoms with Crippen LogP contribution in [0, 0.1) is 0 Å². The molecule has 2 fully saturated rings. The summed E-state index contributed by atoms with van der Waals surface area (Å²) in [6.45, 7) is 3.78. The van der Waals surface area contributed by atoms with Gasteiger partial charge in [0.1, 0.15) is 0 Å². The minimum absolute atomic E-state index is 0.0650. The van der Waals surface area contributed by atoms with Crippen molar-refractivity contribution in [3.8, 4) is 0 Å². The Hall–Kier alpha value is -2.01. The zero-order valence-corrected chi connectivity index (χ0v) is 21.3. The number of fused-ring (bicyclic) bond motifs is 1. The summed E-state index contributed by atoms with van der Waals surface area (Å²) in [7, 11) is -3.49. The molecule has 0 unspecified atom stereocenters. The third-order valence-electron chi connectivity index (χ3n) is 6.23. The van der Waals surface area contributed by atoms with Crippen LogP contribution in [0.2, 0.25) is 0 Å². The molecule has 0 radical (unpaired) electrons. The van der Waals surface area contributed by atoms with Crippen LogP contribution in [0.3, 0.4) is 0 Å². The number of hydrogen-bond donors (Lipinski definition) is 0. The molecule has 0 aliphatic carbocycles. The van der Waals surface area contributed by atoms with Crippen molar-refractivity contribution in [2.45, 2.75) is 24.2 Å². The number of benzene rings is 2. The first-order valence-corrected chi connectivity index (χ1v) is 14.2. The first-order valence-electron chi connectivity index (χ1n) is 11.1. The van der Waals surface area contributed by atoms with Crippen molar-refractivity contribution in [2.75, 3.05) is 44.2 Å². The number of hydrogen-bond acceptors (Lipinski definition) is 6. The van der Waals surface area contributed by atoms with Crippen LogP contribution < -0.4 is 4.90 Å². The lowest BCUT2D eigenvalue weighted by Crippen LogP contribution is -2.48. The molecule has 3 heterocycles. The highest BCUT2D eigenvalue weighted by atomic mass is 79.9. The van der Waals surface area contributed by atoms with E-state index >= 15 is 0 Å². The predicted molar refractivity (Wildman–Crippen MR) is 134 cm³/mol. The van der Waals surface area contributed by atoms with Gasteiger partial charge in [-0.25, -0.2) is 13.4 Å². The maximum atomic E-state index is 13.0. The van der Waals surface area contributed by atoms with Crippen molar-refractivity contribution in [1.29, 1.82) is 0 Å². The third-order valence-corrected chi connectivity index (χ3v) is 9.72. The molecule has 0 atom stereocenters. The highest BCUT2D eigenvalue weighted by Gasteiger charge is 2.27. The van der Waals surface area contributed by atoms with Crippen molar-refractivity contribution < 1.29 is 13.2 Å². The van der Waals surface area contributed by atoms with E-state index in [2.05, 4.69) is 26.9 Å². The predicted octanol–water partition coefficient (Wildman–Crippen LogP) is 4.20. The van der Waals surface area contributed by atoms with Crippen molar-refractivity contribution in [2.24, 2.45) is 0 Å². The molecule has 0 spiro atoms. The number of aromatic nitrogens is 1. The van der Waals surface area contributed by atoms with E-state index in [1.807, 2.05) is 17.0 Å². The second-order valence-electron chi connectivity index (χ2n) is 8.38. The molecule has 3 aromatic rings. The van der Waals surface area contributed by atoms with Crippen LogP contribution in [0.4, 0.5) is 5.13 Å². The minimum atomic E-state index is -3.49. The second-order valence-corrected chi connectivity index (χ2v) is 12.2. The van der Waals surface area contributed by atoms with Gasteiger partial charge in [0.15, 0.2) is 5.13 Å². The van der Waals surface area contributed by atoms with E-state index in [4.69, 9.17) is 4.98 Å². The van der Waals surface area contributed by atoms with Crippen LogP contribution in [0.15, 0.2) is 51.8 Å². The molecule has 33 heavy (non-hydrogen) atoms. The molecule has 7 nitrogen and oxygen atoms in total. The van der Waals surface area contributed by atoms with Crippen LogP contribution in [-0.4, -0.2) is 67.8 Å². The monoisotopic (exact) mass is 548 g/mol. The van der Waals surface area contributed by atoms with Gasteiger partial charge >= 0.3 is 0 Å². The van der Waals surface area contributed by atoms with Gasteiger partial charge in [0, 0.05) is 49.3 Å². The van der Waals surface area contributed by atoms with Gasteiger partial charge in [0.25, 0.3) is 5.91 Å². The number of amides is 1. The van der Waals surface area contributed by atoms with Crippen LogP contribution in [-0.2, 0) is 10.0 Å². The van der Waals surface area contributed by atoms with Crippen LogP contribution in [0.1, 0.15) is 29.6 Å². The summed E-state index contributed by atoms with van der Waals surface area (Å²) >= 11 is 5.16. The number of nitrogens with zero attached hydrogens (tertiary/aromatic N) is 4. The summed E-state index contributed by atoms with van der Waals surface area (Å²) in [5.74, 6) is -0.0650. The van der Waals surface area contributed by atoms with Gasteiger partial charge in [0.05, 0.1) is 15.1 Å². The Labute approximate surface area is 206 Å². The Bertz CT molecular complexity index is 1260. The molecule has 2 saturated heterocycles. The van der Waals surface area contributed by atoms with Crippen LogP contribution in [0.5, 0.6) is 0 Å². The Balaban J connectivity index is 1.23. The molecular formula is C23H25BrN4O3S2. The zero-order chi connectivity index (χ0) is 23.0. The van der Waals surface area contributed by atoms with E-state index in [9.17, 15) is 13.2 Å². The number of sulfonamides is 1. The fourth-order valence-electron chi connectivity index (χ4n) is 4.33. The standard InChI is InChI=1S/C23H25BrN4O3S2/c24-18-6-9-20-21(16-18)32-23(25-20)27-14-12-26(13-15-27)22(29)17-4-7-19(8-5-17)33(30,31)28-10-2-1-3-11-28/h4-9,16H,1-3,10-15H2. The van der Waals surface area contributed by atoms with Crippen molar-refractivity contribution in [3.63, 3.8) is 0 Å². The quantitative estimate of drug-likeness (QED) is 0.488. The van der Waals surface area contributed by atoms with Gasteiger partial charge in [-0.2, -0.15) is 4.31 Å². The van der Waals surface area contributed by atoms with Crippen LogP contribution in [0.25, 0.3) is 10.2 Å². The Morgan fingerprint density at radius 1 is 0.909 bits per heavy atom. The molecule has 0 bridgehead atoms. The van der Waals surface area contributed by atoms with E-state index < -0.39 is 10.0 Å². The first-order chi connectivity index (χ1) is 15.9. The number of piperazine rings is 1. The van der Waals surface area contributed by atoms with E-state index in [-0.39, 0.29) is 10.8 Å². The lowest BCUT2D eigenvalue weighted by Gasteiger charge is -2.34. The van der Waals surface area contributed by atoms with E-state index in [0.29, 0.717) is 44.8 Å². The van der Waals surface area contributed by atoms with Crippen molar-refractivity contribution in [1.82, 2.24) is 14.2 Å². The summed E-state index contributed by atoms with van der Waals surface area (Å²) < 4.78 is 29.4. The number of halogens is 1. The lowest BCUT2D eigenvalue weighted by atomic mass is 10.2. The highest BCUT2D eigenvalue weighted by Crippen LogP contribution is 2.31. The molecule has 1 aromatic heterocycles. The minimum Gasteiger partial charge on any atom is -0.345 e. The van der Waals surface area contributed by atoms with Gasteiger partial charge in [-0.15, -0.1) is 0 Å². The molecular weight excluding hydrogens is 524 g/mol. The summed E-state index contributed by atoms with van der Waals surface area (Å²) in [6.07, 6.45) is 2.87. The fourth-order valence-corrected chi connectivity index (χ4v) is 7.41. The molecule has 0 N–H and O–H groups in total. The highest BCUT2D eigenvalue weighted by molar-refractivity contribution is 9.10. The van der Waals surface area contributed by atoms with Gasteiger partial charge < -0.3 is 9.80 Å². The average Bonchev–Trinajstić information content (AvgIpc) is 3.27. The number of anilines is 1. The smallest absolute Gasteiger partial charge is 0.253 e. The number of piperidine rings is 1. The van der Waals surface area contributed by atoms with Crippen LogP contribution >= 0.6 is 27.3 Å². The Kier molecular flexibility index (Phi) is 6.43. The van der Waals surface area contributed by atoms with Gasteiger partial charge in [-0.05, 0) is 55.3 Å². The molecule has 5 rings (SSSR count). The normalized spacial score (nSPS) is 18.1. The summed E-state index contributed by atoms with van der Waals surface area (Å²) in [6, 6.07) is 12.5. The SMILES string of the molecule is O=C(c1ccc(S(=O)(=O)N2CCCCC2)cc1)N1CCN(c2nc3ccc(Br)cc3s2)CC1. The van der Waals surface area contributed by atoms with E-state index in [1.54, 1.807) is 39.9 Å².